The van der Waals surface area contributed by atoms with Gasteiger partial charge in [-0.25, -0.2) is 0 Å². The van der Waals surface area contributed by atoms with E-state index in [-0.39, 0.29) is 24.2 Å². The van der Waals surface area contributed by atoms with E-state index in [2.05, 4.69) is 10.6 Å². The Morgan fingerprint density at radius 1 is 1.19 bits per heavy atom. The van der Waals surface area contributed by atoms with E-state index < -0.39 is 5.54 Å². The number of nitrogens with two attached hydrogens (primary N) is 1. The lowest BCUT2D eigenvalue weighted by Crippen LogP contribution is -2.48. The Morgan fingerprint density at radius 2 is 1.76 bits per heavy atom. The molecule has 2 rings (SSSR count). The molecule has 0 heterocycles. The van der Waals surface area contributed by atoms with Crippen molar-refractivity contribution in [3.05, 3.63) is 29.8 Å². The highest BCUT2D eigenvalue weighted by atomic mass is 35.5. The van der Waals surface area contributed by atoms with Gasteiger partial charge in [-0.05, 0) is 44.0 Å². The largest absolute Gasteiger partial charge is 0.352 e. The van der Waals surface area contributed by atoms with E-state index in [9.17, 15) is 9.59 Å². The van der Waals surface area contributed by atoms with Crippen LogP contribution in [0.3, 0.4) is 0 Å². The SMILES string of the molecule is CCNC(=O)c1ccc(NC(=O)C2(N)CCCC2)cc1.Cl. The Morgan fingerprint density at radius 3 is 2.29 bits per heavy atom. The van der Waals surface area contributed by atoms with Crippen LogP contribution in [-0.4, -0.2) is 23.9 Å². The molecule has 1 aliphatic rings. The lowest BCUT2D eigenvalue weighted by atomic mass is 9.98. The predicted octanol–water partition coefficient (Wildman–Crippen LogP) is 2.07. The molecule has 0 saturated heterocycles. The van der Waals surface area contributed by atoms with Crippen molar-refractivity contribution in [2.24, 2.45) is 5.73 Å². The van der Waals surface area contributed by atoms with Gasteiger partial charge < -0.3 is 16.4 Å². The smallest absolute Gasteiger partial charge is 0.251 e. The van der Waals surface area contributed by atoms with Crippen LogP contribution in [0.2, 0.25) is 0 Å². The number of benzene rings is 1. The van der Waals surface area contributed by atoms with Crippen molar-refractivity contribution in [1.29, 1.82) is 0 Å². The Bertz CT molecular complexity index is 496. The molecule has 1 aromatic carbocycles. The van der Waals surface area contributed by atoms with Crippen molar-refractivity contribution in [3.8, 4) is 0 Å². The first-order valence-electron chi connectivity index (χ1n) is 7.04. The van der Waals surface area contributed by atoms with Gasteiger partial charge in [-0.1, -0.05) is 12.8 Å². The summed E-state index contributed by atoms with van der Waals surface area (Å²) in [7, 11) is 0. The standard InChI is InChI=1S/C15H21N3O2.ClH/c1-2-17-13(19)11-5-7-12(8-6-11)18-14(20)15(16)9-3-4-10-15;/h5-8H,2-4,9-10,16H2,1H3,(H,17,19)(H,18,20);1H. The maximum Gasteiger partial charge on any atom is 0.251 e. The highest BCUT2D eigenvalue weighted by Gasteiger charge is 2.36. The zero-order valence-electron chi connectivity index (χ0n) is 12.1. The molecule has 6 heteroatoms. The number of carbonyl (C=O) groups is 2. The van der Waals surface area contributed by atoms with E-state index in [1.54, 1.807) is 24.3 Å². The molecule has 1 fully saturated rings. The second-order valence-electron chi connectivity index (χ2n) is 5.25. The Balaban J connectivity index is 0.00000220. The van der Waals surface area contributed by atoms with Gasteiger partial charge in [0.25, 0.3) is 5.91 Å². The maximum absolute atomic E-state index is 12.1. The number of hydrogen-bond donors (Lipinski definition) is 3. The van der Waals surface area contributed by atoms with E-state index in [4.69, 9.17) is 5.73 Å². The second-order valence-corrected chi connectivity index (χ2v) is 5.25. The number of anilines is 1. The van der Waals surface area contributed by atoms with Crippen LogP contribution in [0.15, 0.2) is 24.3 Å². The van der Waals surface area contributed by atoms with Crippen molar-refractivity contribution in [3.63, 3.8) is 0 Å². The van der Waals surface area contributed by atoms with Gasteiger partial charge in [0.05, 0.1) is 5.54 Å². The van der Waals surface area contributed by atoms with Gasteiger partial charge in [0.2, 0.25) is 5.91 Å². The Hall–Kier alpha value is -1.59. The summed E-state index contributed by atoms with van der Waals surface area (Å²) in [6, 6.07) is 6.83. The maximum atomic E-state index is 12.1. The molecular weight excluding hydrogens is 290 g/mol. The van der Waals surface area contributed by atoms with Gasteiger partial charge in [-0.3, -0.25) is 9.59 Å². The zero-order valence-corrected chi connectivity index (χ0v) is 13.0. The van der Waals surface area contributed by atoms with Gasteiger partial charge in [0.1, 0.15) is 0 Å². The highest BCUT2D eigenvalue weighted by molar-refractivity contribution is 5.99. The number of halogens is 1. The van der Waals surface area contributed by atoms with E-state index in [1.165, 1.54) is 0 Å². The molecular formula is C15H22ClN3O2. The van der Waals surface area contributed by atoms with Crippen molar-refractivity contribution in [1.82, 2.24) is 5.32 Å². The summed E-state index contributed by atoms with van der Waals surface area (Å²) in [6.45, 7) is 2.46. The highest BCUT2D eigenvalue weighted by Crippen LogP contribution is 2.28. The normalized spacial score (nSPS) is 15.9. The quantitative estimate of drug-likeness (QED) is 0.796. The third-order valence-electron chi connectivity index (χ3n) is 3.69. The van der Waals surface area contributed by atoms with Crippen LogP contribution in [0, 0.1) is 0 Å². The second kappa shape index (κ2) is 7.43. The molecule has 0 aliphatic heterocycles. The van der Waals surface area contributed by atoms with Gasteiger partial charge >= 0.3 is 0 Å². The van der Waals surface area contributed by atoms with Gasteiger partial charge in [-0.2, -0.15) is 0 Å². The number of hydrogen-bond acceptors (Lipinski definition) is 3. The molecule has 0 unspecified atom stereocenters. The van der Waals surface area contributed by atoms with Gasteiger partial charge in [0, 0.05) is 17.8 Å². The van der Waals surface area contributed by atoms with Crippen LogP contribution in [0.25, 0.3) is 0 Å². The van der Waals surface area contributed by atoms with Crippen LogP contribution in [0.1, 0.15) is 43.0 Å². The van der Waals surface area contributed by atoms with Crippen LogP contribution in [0.5, 0.6) is 0 Å². The zero-order chi connectivity index (χ0) is 14.6. The lowest BCUT2D eigenvalue weighted by molar-refractivity contribution is -0.121. The van der Waals surface area contributed by atoms with Crippen LogP contribution < -0.4 is 16.4 Å². The third kappa shape index (κ3) is 4.19. The molecule has 5 nitrogen and oxygen atoms in total. The molecule has 1 aliphatic carbocycles. The summed E-state index contributed by atoms with van der Waals surface area (Å²) < 4.78 is 0. The summed E-state index contributed by atoms with van der Waals surface area (Å²) in [5, 5.41) is 5.55. The summed E-state index contributed by atoms with van der Waals surface area (Å²) >= 11 is 0. The first-order chi connectivity index (χ1) is 9.55. The minimum atomic E-state index is -0.738. The van der Waals surface area contributed by atoms with Crippen molar-refractivity contribution >= 4 is 29.9 Å². The molecule has 2 amide bonds. The van der Waals surface area contributed by atoms with Crippen LogP contribution in [-0.2, 0) is 4.79 Å². The number of amides is 2. The average molecular weight is 312 g/mol. The van der Waals surface area contributed by atoms with E-state index in [1.807, 2.05) is 6.92 Å². The fraction of sp³-hybridized carbons (Fsp3) is 0.467. The molecule has 0 atom stereocenters. The van der Waals surface area contributed by atoms with Crippen LogP contribution in [0.4, 0.5) is 5.69 Å². The molecule has 1 saturated carbocycles. The minimum absolute atomic E-state index is 0. The lowest BCUT2D eigenvalue weighted by Gasteiger charge is -2.22. The first kappa shape index (κ1) is 17.5. The molecule has 0 aromatic heterocycles. The summed E-state index contributed by atoms with van der Waals surface area (Å²) in [6.07, 6.45) is 3.46. The van der Waals surface area contributed by atoms with E-state index in [0.29, 0.717) is 17.8 Å². The fourth-order valence-corrected chi connectivity index (χ4v) is 2.46. The molecule has 1 aromatic rings. The summed E-state index contributed by atoms with van der Waals surface area (Å²) in [5.74, 6) is -0.253. The monoisotopic (exact) mass is 311 g/mol. The van der Waals surface area contributed by atoms with Crippen LogP contribution >= 0.6 is 12.4 Å². The molecule has 0 radical (unpaired) electrons. The molecule has 0 bridgehead atoms. The van der Waals surface area contributed by atoms with Gasteiger partial charge in [0.15, 0.2) is 0 Å². The first-order valence-corrected chi connectivity index (χ1v) is 7.04. The van der Waals surface area contributed by atoms with Crippen molar-refractivity contribution in [2.45, 2.75) is 38.1 Å². The van der Waals surface area contributed by atoms with E-state index in [0.717, 1.165) is 25.7 Å². The molecule has 0 spiro atoms. The number of rotatable bonds is 4. The van der Waals surface area contributed by atoms with Gasteiger partial charge in [-0.15, -0.1) is 12.4 Å². The van der Waals surface area contributed by atoms with E-state index >= 15 is 0 Å². The molecule has 116 valence electrons. The summed E-state index contributed by atoms with van der Waals surface area (Å²) in [4.78, 5) is 23.8. The Labute approximate surface area is 131 Å². The van der Waals surface area contributed by atoms with Crippen molar-refractivity contribution in [2.75, 3.05) is 11.9 Å². The average Bonchev–Trinajstić information content (AvgIpc) is 2.88. The third-order valence-corrected chi connectivity index (χ3v) is 3.69. The topological polar surface area (TPSA) is 84.2 Å². The Kier molecular flexibility index (Phi) is 6.18. The minimum Gasteiger partial charge on any atom is -0.352 e. The van der Waals surface area contributed by atoms with Crippen molar-refractivity contribution < 1.29 is 9.59 Å². The number of carbonyl (C=O) groups excluding carboxylic acids is 2. The molecule has 21 heavy (non-hydrogen) atoms. The summed E-state index contributed by atoms with van der Waals surface area (Å²) in [5.41, 5.74) is 6.60. The number of nitrogens with one attached hydrogen (secondary N) is 2. The fourth-order valence-electron chi connectivity index (χ4n) is 2.46. The molecule has 4 N–H and O–H groups in total. The predicted molar refractivity (Wildman–Crippen MR) is 85.7 cm³/mol.